The first kappa shape index (κ1) is 13.3. The van der Waals surface area contributed by atoms with Crippen LogP contribution >= 0.6 is 15.9 Å². The summed E-state index contributed by atoms with van der Waals surface area (Å²) < 4.78 is 5.63. The minimum absolute atomic E-state index is 0.824. The van der Waals surface area contributed by atoms with Crippen LogP contribution < -0.4 is 4.74 Å². The van der Waals surface area contributed by atoms with Gasteiger partial charge in [-0.05, 0) is 24.1 Å². The highest BCUT2D eigenvalue weighted by molar-refractivity contribution is 9.09. The fraction of sp³-hybridized carbons (Fsp3) is 0.429. The molecule has 0 heterocycles. The van der Waals surface area contributed by atoms with Crippen LogP contribution in [0.5, 0.6) is 5.75 Å². The van der Waals surface area contributed by atoms with E-state index in [1.54, 1.807) is 0 Å². The Morgan fingerprint density at radius 3 is 2.56 bits per heavy atom. The van der Waals surface area contributed by atoms with Gasteiger partial charge < -0.3 is 4.74 Å². The molecule has 88 valence electrons. The zero-order valence-corrected chi connectivity index (χ0v) is 11.4. The lowest BCUT2D eigenvalue weighted by Gasteiger charge is -2.05. The van der Waals surface area contributed by atoms with Crippen LogP contribution in [0.25, 0.3) is 6.08 Å². The number of hydrogen-bond donors (Lipinski definition) is 0. The smallest absolute Gasteiger partial charge is 0.119 e. The first-order valence-corrected chi connectivity index (χ1v) is 6.94. The zero-order chi connectivity index (χ0) is 11.6. The van der Waals surface area contributed by atoms with Crippen molar-refractivity contribution in [3.63, 3.8) is 0 Å². The summed E-state index contributed by atoms with van der Waals surface area (Å²) in [6, 6.07) is 8.21. The molecule has 16 heavy (non-hydrogen) atoms. The number of halogens is 1. The van der Waals surface area contributed by atoms with Crippen LogP contribution in [-0.4, -0.2) is 11.9 Å². The van der Waals surface area contributed by atoms with Crippen LogP contribution in [0.15, 0.2) is 30.3 Å². The Kier molecular flexibility index (Phi) is 6.98. The lowest BCUT2D eigenvalue weighted by atomic mass is 10.2. The third-order valence-electron chi connectivity index (χ3n) is 2.30. The fourth-order valence-electron chi connectivity index (χ4n) is 1.40. The molecule has 0 aliphatic heterocycles. The van der Waals surface area contributed by atoms with Crippen molar-refractivity contribution >= 4 is 22.0 Å². The Labute approximate surface area is 107 Å². The van der Waals surface area contributed by atoms with E-state index in [-0.39, 0.29) is 0 Å². The van der Waals surface area contributed by atoms with Gasteiger partial charge in [0.1, 0.15) is 5.75 Å². The van der Waals surface area contributed by atoms with Gasteiger partial charge in [0.05, 0.1) is 6.61 Å². The van der Waals surface area contributed by atoms with Crippen LogP contribution in [0.3, 0.4) is 0 Å². The molecule has 0 aliphatic carbocycles. The van der Waals surface area contributed by atoms with Crippen molar-refractivity contribution in [1.29, 1.82) is 0 Å². The molecule has 0 amide bonds. The lowest BCUT2D eigenvalue weighted by Crippen LogP contribution is -1.96. The third kappa shape index (κ3) is 5.36. The van der Waals surface area contributed by atoms with Gasteiger partial charge in [-0.25, -0.2) is 0 Å². The van der Waals surface area contributed by atoms with E-state index in [0.717, 1.165) is 24.1 Å². The van der Waals surface area contributed by atoms with Crippen molar-refractivity contribution in [1.82, 2.24) is 0 Å². The number of hydrogen-bond acceptors (Lipinski definition) is 1. The maximum absolute atomic E-state index is 5.63. The van der Waals surface area contributed by atoms with Crippen molar-refractivity contribution < 1.29 is 4.74 Å². The van der Waals surface area contributed by atoms with Gasteiger partial charge in [0.2, 0.25) is 0 Å². The van der Waals surface area contributed by atoms with Gasteiger partial charge in [-0.2, -0.15) is 0 Å². The molecule has 1 nitrogen and oxygen atoms in total. The van der Waals surface area contributed by atoms with Crippen molar-refractivity contribution in [2.45, 2.75) is 26.2 Å². The standard InChI is InChI=1S/C14H19BrO/c1-2-3-4-12-16-14-9-7-13(8-10-14)6-5-11-15/h5-10H,2-4,11-12H2,1H3. The molecular weight excluding hydrogens is 264 g/mol. The summed E-state index contributed by atoms with van der Waals surface area (Å²) in [7, 11) is 0. The van der Waals surface area contributed by atoms with E-state index in [2.05, 4.69) is 47.1 Å². The van der Waals surface area contributed by atoms with Gasteiger partial charge in [0.15, 0.2) is 0 Å². The quantitative estimate of drug-likeness (QED) is 0.522. The van der Waals surface area contributed by atoms with Gasteiger partial charge in [-0.3, -0.25) is 0 Å². The molecule has 0 saturated heterocycles. The molecule has 2 heteroatoms. The predicted molar refractivity (Wildman–Crippen MR) is 74.3 cm³/mol. The maximum atomic E-state index is 5.63. The summed E-state index contributed by atoms with van der Waals surface area (Å²) in [5.41, 5.74) is 1.21. The molecule has 0 unspecified atom stereocenters. The minimum Gasteiger partial charge on any atom is -0.494 e. The van der Waals surface area contributed by atoms with Crippen molar-refractivity contribution in [3.05, 3.63) is 35.9 Å². The summed E-state index contributed by atoms with van der Waals surface area (Å²) in [5.74, 6) is 0.965. The topological polar surface area (TPSA) is 9.23 Å². The molecule has 1 aromatic rings. The lowest BCUT2D eigenvalue weighted by molar-refractivity contribution is 0.306. The number of alkyl halides is 1. The molecule has 0 radical (unpaired) electrons. The van der Waals surface area contributed by atoms with Crippen molar-refractivity contribution in [3.8, 4) is 5.75 Å². The van der Waals surface area contributed by atoms with Crippen LogP contribution in [0.4, 0.5) is 0 Å². The maximum Gasteiger partial charge on any atom is 0.119 e. The van der Waals surface area contributed by atoms with Crippen LogP contribution in [0, 0.1) is 0 Å². The highest BCUT2D eigenvalue weighted by atomic mass is 79.9. The third-order valence-corrected chi connectivity index (χ3v) is 2.67. The van der Waals surface area contributed by atoms with E-state index >= 15 is 0 Å². The average molecular weight is 283 g/mol. The molecule has 0 spiro atoms. The molecule has 0 aliphatic rings. The highest BCUT2D eigenvalue weighted by Gasteiger charge is 1.93. The second kappa shape index (κ2) is 8.40. The van der Waals surface area contributed by atoms with Gasteiger partial charge in [-0.15, -0.1) is 0 Å². The fourth-order valence-corrected chi connectivity index (χ4v) is 1.58. The van der Waals surface area contributed by atoms with Gasteiger partial charge in [0, 0.05) is 5.33 Å². The number of rotatable bonds is 7. The van der Waals surface area contributed by atoms with Crippen molar-refractivity contribution in [2.24, 2.45) is 0 Å². The molecule has 0 bridgehead atoms. The summed E-state index contributed by atoms with van der Waals surface area (Å²) in [6.45, 7) is 3.02. The highest BCUT2D eigenvalue weighted by Crippen LogP contribution is 2.13. The van der Waals surface area contributed by atoms with Gasteiger partial charge >= 0.3 is 0 Å². The Bertz CT molecular complexity index is 303. The normalized spacial score (nSPS) is 10.9. The zero-order valence-electron chi connectivity index (χ0n) is 9.79. The first-order chi connectivity index (χ1) is 7.86. The van der Waals surface area contributed by atoms with Crippen LogP contribution in [0.2, 0.25) is 0 Å². The predicted octanol–water partition coefficient (Wildman–Crippen LogP) is 4.66. The molecule has 1 aromatic carbocycles. The van der Waals surface area contributed by atoms with E-state index in [1.807, 2.05) is 12.1 Å². The second-order valence-electron chi connectivity index (χ2n) is 3.68. The Morgan fingerprint density at radius 1 is 1.19 bits per heavy atom. The molecule has 0 fully saturated rings. The van der Waals surface area contributed by atoms with E-state index in [4.69, 9.17) is 4.74 Å². The van der Waals surface area contributed by atoms with Gasteiger partial charge in [-0.1, -0.05) is 60.0 Å². The molecule has 0 N–H and O–H groups in total. The molecule has 0 saturated carbocycles. The second-order valence-corrected chi connectivity index (χ2v) is 4.33. The minimum atomic E-state index is 0.824. The van der Waals surface area contributed by atoms with E-state index in [9.17, 15) is 0 Å². The number of unbranched alkanes of at least 4 members (excludes halogenated alkanes) is 2. The molecular formula is C14H19BrO. The largest absolute Gasteiger partial charge is 0.494 e. The summed E-state index contributed by atoms with van der Waals surface area (Å²) in [6.07, 6.45) is 7.79. The summed E-state index contributed by atoms with van der Waals surface area (Å²) in [4.78, 5) is 0. The Morgan fingerprint density at radius 2 is 1.94 bits per heavy atom. The number of benzene rings is 1. The Balaban J connectivity index is 2.36. The number of allylic oxidation sites excluding steroid dienone is 1. The van der Waals surface area contributed by atoms with Gasteiger partial charge in [0.25, 0.3) is 0 Å². The molecule has 0 atom stereocenters. The Hall–Kier alpha value is -0.760. The summed E-state index contributed by atoms with van der Waals surface area (Å²) >= 11 is 3.36. The van der Waals surface area contributed by atoms with Crippen LogP contribution in [-0.2, 0) is 0 Å². The SMILES string of the molecule is CCCCCOc1ccc(C=CCBr)cc1. The average Bonchev–Trinajstić information content (AvgIpc) is 2.33. The molecule has 1 rings (SSSR count). The monoisotopic (exact) mass is 282 g/mol. The number of ether oxygens (including phenoxy) is 1. The first-order valence-electron chi connectivity index (χ1n) is 5.82. The van der Waals surface area contributed by atoms with E-state index < -0.39 is 0 Å². The summed E-state index contributed by atoms with van der Waals surface area (Å²) in [5, 5.41) is 0.891. The van der Waals surface area contributed by atoms with E-state index in [1.165, 1.54) is 18.4 Å². The van der Waals surface area contributed by atoms with Crippen molar-refractivity contribution in [2.75, 3.05) is 11.9 Å². The van der Waals surface area contributed by atoms with E-state index in [0.29, 0.717) is 0 Å². The van der Waals surface area contributed by atoms with Crippen LogP contribution in [0.1, 0.15) is 31.7 Å². The molecule has 0 aromatic heterocycles.